The molecule has 0 aliphatic carbocycles. The molecule has 134 valence electrons. The van der Waals surface area contributed by atoms with Crippen LogP contribution in [0, 0.1) is 27.3 Å². The van der Waals surface area contributed by atoms with E-state index in [4.69, 9.17) is 14.7 Å². The summed E-state index contributed by atoms with van der Waals surface area (Å²) in [6.45, 7) is 1.46. The standard InChI is InChI=1S/C17H14FN3O5/c1-10(26-15-6-3-11(9-19)7-16(15)25-2)17(22)20-12-4-5-13(18)14(8-12)21(23)24/h3-8,10H,1-2H3,(H,20,22)/t10-/m1/s1. The minimum Gasteiger partial charge on any atom is -0.493 e. The molecular formula is C17H14FN3O5. The molecule has 0 aromatic heterocycles. The third-order valence-corrected chi connectivity index (χ3v) is 3.38. The number of carbonyl (C=O) groups excluding carboxylic acids is 1. The zero-order valence-corrected chi connectivity index (χ0v) is 13.9. The summed E-state index contributed by atoms with van der Waals surface area (Å²) in [6.07, 6.45) is -0.985. The zero-order chi connectivity index (χ0) is 19.3. The number of halogens is 1. The second-order valence-corrected chi connectivity index (χ2v) is 5.15. The Hall–Kier alpha value is -3.67. The predicted octanol–water partition coefficient (Wildman–Crippen LogP) is 3.02. The number of nitriles is 1. The van der Waals surface area contributed by atoms with E-state index in [-0.39, 0.29) is 17.2 Å². The Labute approximate surface area is 147 Å². The van der Waals surface area contributed by atoms with E-state index < -0.39 is 28.4 Å². The Morgan fingerprint density at radius 2 is 2.04 bits per heavy atom. The lowest BCUT2D eigenvalue weighted by molar-refractivity contribution is -0.387. The number of amides is 1. The fraction of sp³-hybridized carbons (Fsp3) is 0.176. The number of anilines is 1. The maximum Gasteiger partial charge on any atom is 0.306 e. The third kappa shape index (κ3) is 4.24. The molecule has 8 nitrogen and oxygen atoms in total. The van der Waals surface area contributed by atoms with Crippen LogP contribution in [0.25, 0.3) is 0 Å². The van der Waals surface area contributed by atoms with Gasteiger partial charge in [-0.15, -0.1) is 0 Å². The van der Waals surface area contributed by atoms with E-state index in [1.165, 1.54) is 38.3 Å². The van der Waals surface area contributed by atoms with Crippen molar-refractivity contribution in [3.8, 4) is 17.6 Å². The van der Waals surface area contributed by atoms with Crippen molar-refractivity contribution in [1.82, 2.24) is 0 Å². The molecule has 0 heterocycles. The number of nitro benzene ring substituents is 1. The number of carbonyl (C=O) groups is 1. The summed E-state index contributed by atoms with van der Waals surface area (Å²) in [5, 5.41) is 22.0. The number of benzene rings is 2. The Morgan fingerprint density at radius 3 is 2.65 bits per heavy atom. The monoisotopic (exact) mass is 359 g/mol. The van der Waals surface area contributed by atoms with E-state index in [9.17, 15) is 19.3 Å². The van der Waals surface area contributed by atoms with E-state index in [1.807, 2.05) is 6.07 Å². The largest absolute Gasteiger partial charge is 0.493 e. The van der Waals surface area contributed by atoms with Crippen LogP contribution in [0.2, 0.25) is 0 Å². The predicted molar refractivity (Wildman–Crippen MR) is 89.5 cm³/mol. The van der Waals surface area contributed by atoms with Gasteiger partial charge in [-0.25, -0.2) is 0 Å². The highest BCUT2D eigenvalue weighted by Crippen LogP contribution is 2.29. The molecule has 0 radical (unpaired) electrons. The van der Waals surface area contributed by atoms with Gasteiger partial charge in [-0.1, -0.05) is 0 Å². The highest BCUT2D eigenvalue weighted by molar-refractivity contribution is 5.94. The Balaban J connectivity index is 2.12. The van der Waals surface area contributed by atoms with Crippen molar-refractivity contribution < 1.29 is 23.6 Å². The number of methoxy groups -OCH3 is 1. The number of nitrogens with zero attached hydrogens (tertiary/aromatic N) is 2. The summed E-state index contributed by atoms with van der Waals surface area (Å²) in [7, 11) is 1.39. The minimum absolute atomic E-state index is 0.0605. The number of hydrogen-bond donors (Lipinski definition) is 1. The van der Waals surface area contributed by atoms with Crippen molar-refractivity contribution in [3.05, 3.63) is 57.9 Å². The van der Waals surface area contributed by atoms with Gasteiger partial charge in [-0.2, -0.15) is 9.65 Å². The molecule has 1 amide bonds. The lowest BCUT2D eigenvalue weighted by Crippen LogP contribution is -2.30. The average Bonchev–Trinajstić information content (AvgIpc) is 2.63. The van der Waals surface area contributed by atoms with Crippen molar-refractivity contribution in [2.75, 3.05) is 12.4 Å². The smallest absolute Gasteiger partial charge is 0.306 e. The molecule has 1 N–H and O–H groups in total. The van der Waals surface area contributed by atoms with Crippen LogP contribution < -0.4 is 14.8 Å². The van der Waals surface area contributed by atoms with Crippen molar-refractivity contribution in [2.45, 2.75) is 13.0 Å². The average molecular weight is 359 g/mol. The van der Waals surface area contributed by atoms with Gasteiger partial charge in [-0.3, -0.25) is 14.9 Å². The van der Waals surface area contributed by atoms with Gasteiger partial charge >= 0.3 is 5.69 Å². The fourth-order valence-corrected chi connectivity index (χ4v) is 2.05. The molecule has 0 bridgehead atoms. The van der Waals surface area contributed by atoms with Gasteiger partial charge in [0.25, 0.3) is 5.91 Å². The van der Waals surface area contributed by atoms with Crippen LogP contribution in [0.5, 0.6) is 11.5 Å². The first-order valence-electron chi connectivity index (χ1n) is 7.35. The minimum atomic E-state index is -1.00. The maximum absolute atomic E-state index is 13.3. The summed E-state index contributed by atoms with van der Waals surface area (Å²) in [5.41, 5.74) is -0.319. The second kappa shape index (κ2) is 7.94. The number of nitrogens with one attached hydrogen (secondary N) is 1. The summed E-state index contributed by atoms with van der Waals surface area (Å²) in [4.78, 5) is 22.1. The van der Waals surface area contributed by atoms with E-state index in [0.717, 1.165) is 12.1 Å². The number of rotatable bonds is 6. The van der Waals surface area contributed by atoms with Crippen molar-refractivity contribution in [2.24, 2.45) is 0 Å². The van der Waals surface area contributed by atoms with E-state index >= 15 is 0 Å². The van der Waals surface area contributed by atoms with Crippen LogP contribution in [-0.4, -0.2) is 24.0 Å². The Bertz CT molecular complexity index is 894. The fourth-order valence-electron chi connectivity index (χ4n) is 2.05. The summed E-state index contributed by atoms with van der Waals surface area (Å²) in [5.74, 6) is -1.07. The first kappa shape index (κ1) is 18.7. The molecule has 0 fully saturated rings. The van der Waals surface area contributed by atoms with Gasteiger partial charge in [0.15, 0.2) is 17.6 Å². The molecule has 1 atom stereocenters. The van der Waals surface area contributed by atoms with Crippen LogP contribution in [0.1, 0.15) is 12.5 Å². The molecule has 2 aromatic carbocycles. The van der Waals surface area contributed by atoms with Crippen LogP contribution in [0.3, 0.4) is 0 Å². The second-order valence-electron chi connectivity index (χ2n) is 5.15. The van der Waals surface area contributed by atoms with Gasteiger partial charge < -0.3 is 14.8 Å². The molecule has 9 heteroatoms. The SMILES string of the molecule is COc1cc(C#N)ccc1O[C@H](C)C(=O)Nc1ccc(F)c([N+](=O)[O-])c1. The topological polar surface area (TPSA) is 114 Å². The zero-order valence-electron chi connectivity index (χ0n) is 13.9. The van der Waals surface area contributed by atoms with Gasteiger partial charge in [0, 0.05) is 17.8 Å². The quantitative estimate of drug-likeness (QED) is 0.626. The van der Waals surface area contributed by atoms with Gasteiger partial charge in [0.05, 0.1) is 23.7 Å². The highest BCUT2D eigenvalue weighted by atomic mass is 19.1. The number of hydrogen-bond acceptors (Lipinski definition) is 6. The molecule has 0 spiro atoms. The number of nitro groups is 1. The van der Waals surface area contributed by atoms with Crippen molar-refractivity contribution >= 4 is 17.3 Å². The first-order chi connectivity index (χ1) is 12.3. The molecule has 0 aliphatic rings. The van der Waals surface area contributed by atoms with Gasteiger partial charge in [0.2, 0.25) is 5.82 Å². The van der Waals surface area contributed by atoms with Gasteiger partial charge in [0.1, 0.15) is 0 Å². The van der Waals surface area contributed by atoms with Crippen LogP contribution >= 0.6 is 0 Å². The van der Waals surface area contributed by atoms with Crippen LogP contribution in [0.15, 0.2) is 36.4 Å². The molecule has 0 aliphatic heterocycles. The summed E-state index contributed by atoms with van der Waals surface area (Å²) < 4.78 is 24.0. The molecule has 2 rings (SSSR count). The molecule has 0 saturated heterocycles. The lowest BCUT2D eigenvalue weighted by atomic mass is 10.2. The maximum atomic E-state index is 13.3. The van der Waals surface area contributed by atoms with Gasteiger partial charge in [-0.05, 0) is 31.2 Å². The summed E-state index contributed by atoms with van der Waals surface area (Å²) in [6, 6.07) is 9.43. The third-order valence-electron chi connectivity index (χ3n) is 3.38. The van der Waals surface area contributed by atoms with Crippen LogP contribution in [-0.2, 0) is 4.79 Å². The normalized spacial score (nSPS) is 11.2. The lowest BCUT2D eigenvalue weighted by Gasteiger charge is -2.16. The number of ether oxygens (including phenoxy) is 2. The molecule has 0 unspecified atom stereocenters. The highest BCUT2D eigenvalue weighted by Gasteiger charge is 2.20. The van der Waals surface area contributed by atoms with Crippen molar-refractivity contribution in [1.29, 1.82) is 5.26 Å². The van der Waals surface area contributed by atoms with Crippen LogP contribution in [0.4, 0.5) is 15.8 Å². The van der Waals surface area contributed by atoms with Crippen molar-refractivity contribution in [3.63, 3.8) is 0 Å². The van der Waals surface area contributed by atoms with E-state index in [0.29, 0.717) is 5.56 Å². The Kier molecular flexibility index (Phi) is 5.70. The Morgan fingerprint density at radius 1 is 1.31 bits per heavy atom. The summed E-state index contributed by atoms with van der Waals surface area (Å²) >= 11 is 0. The van der Waals surface area contributed by atoms with E-state index in [2.05, 4.69) is 5.32 Å². The molecule has 2 aromatic rings. The first-order valence-corrected chi connectivity index (χ1v) is 7.35. The molecule has 26 heavy (non-hydrogen) atoms. The molecule has 0 saturated carbocycles. The molecular weight excluding hydrogens is 345 g/mol. The van der Waals surface area contributed by atoms with E-state index in [1.54, 1.807) is 0 Å².